The van der Waals surface area contributed by atoms with Crippen LogP contribution in [0.15, 0.2) is 59.7 Å². The maximum Gasteiger partial charge on any atom is 0.253 e. The molecule has 0 spiro atoms. The second-order valence-electron chi connectivity index (χ2n) is 7.36. The number of rotatable bonds is 6. The van der Waals surface area contributed by atoms with Crippen molar-refractivity contribution in [2.75, 3.05) is 19.6 Å². The maximum absolute atomic E-state index is 13.2. The molecule has 1 fully saturated rings. The van der Waals surface area contributed by atoms with E-state index in [0.29, 0.717) is 22.3 Å². The number of alkyl halides is 2. The number of likely N-dealkylation sites (tertiary alicyclic amines) is 1. The van der Waals surface area contributed by atoms with Gasteiger partial charge in [0.15, 0.2) is 10.6 Å². The van der Waals surface area contributed by atoms with Crippen molar-refractivity contribution in [1.82, 2.24) is 10.2 Å². The summed E-state index contributed by atoms with van der Waals surface area (Å²) in [7, 11) is 0. The number of ketones is 1. The molecule has 0 atom stereocenters. The van der Waals surface area contributed by atoms with Gasteiger partial charge in [0.1, 0.15) is 11.6 Å². The fourth-order valence-electron chi connectivity index (χ4n) is 3.26. The Bertz CT molecular complexity index is 1030. The highest BCUT2D eigenvalue weighted by atomic mass is 35.5. The van der Waals surface area contributed by atoms with Gasteiger partial charge < -0.3 is 10.2 Å². The SMILES string of the molecule is O=C1/C(=C/c2ccc(F)cc2)CN(C(=O)CCNC(=O)C(Cl)Cl)C/C1=C\c1ccc(F)cc1. The molecule has 1 aliphatic rings. The first-order valence-electron chi connectivity index (χ1n) is 10.0. The molecule has 1 saturated heterocycles. The van der Waals surface area contributed by atoms with Crippen LogP contribution in [0.1, 0.15) is 17.5 Å². The zero-order chi connectivity index (χ0) is 24.0. The Balaban J connectivity index is 1.84. The Morgan fingerprint density at radius 3 is 1.79 bits per heavy atom. The van der Waals surface area contributed by atoms with E-state index in [2.05, 4.69) is 5.32 Å². The third-order valence-electron chi connectivity index (χ3n) is 4.92. The molecular weight excluding hydrogens is 473 g/mol. The van der Waals surface area contributed by atoms with Gasteiger partial charge in [-0.05, 0) is 47.5 Å². The Morgan fingerprint density at radius 1 is 0.909 bits per heavy atom. The van der Waals surface area contributed by atoms with Gasteiger partial charge in [0.2, 0.25) is 5.91 Å². The molecule has 2 amide bonds. The summed E-state index contributed by atoms with van der Waals surface area (Å²) in [4.78, 5) is 37.6. The quantitative estimate of drug-likeness (QED) is 0.486. The minimum absolute atomic E-state index is 0.0198. The summed E-state index contributed by atoms with van der Waals surface area (Å²) in [6.07, 6.45) is 3.19. The van der Waals surface area contributed by atoms with Crippen LogP contribution in [0.25, 0.3) is 12.2 Å². The normalized spacial score (nSPS) is 16.5. The molecule has 33 heavy (non-hydrogen) atoms. The largest absolute Gasteiger partial charge is 0.353 e. The van der Waals surface area contributed by atoms with E-state index in [-0.39, 0.29) is 37.7 Å². The number of carbonyl (C=O) groups is 3. The number of nitrogens with one attached hydrogen (secondary N) is 1. The van der Waals surface area contributed by atoms with Crippen LogP contribution < -0.4 is 5.32 Å². The van der Waals surface area contributed by atoms with Crippen LogP contribution in [0.2, 0.25) is 0 Å². The van der Waals surface area contributed by atoms with Crippen LogP contribution in [0.5, 0.6) is 0 Å². The Kier molecular flexibility index (Phi) is 8.36. The standard InChI is InChI=1S/C24H20Cl2F2N2O3/c25-23(26)24(33)29-10-9-21(31)30-13-17(11-15-1-5-19(27)6-2-15)22(32)18(14-30)12-16-3-7-20(28)8-4-16/h1-8,11-12,23H,9-10,13-14H2,(H,29,33)/b17-11+,18-12+. The number of carbonyl (C=O) groups excluding carboxylic acids is 3. The predicted molar refractivity (Wildman–Crippen MR) is 123 cm³/mol. The van der Waals surface area contributed by atoms with Gasteiger partial charge in [0.05, 0.1) is 0 Å². The molecule has 0 bridgehead atoms. The van der Waals surface area contributed by atoms with Gasteiger partial charge in [-0.25, -0.2) is 8.78 Å². The third-order valence-corrected chi connectivity index (χ3v) is 5.31. The number of amides is 2. The van der Waals surface area contributed by atoms with E-state index >= 15 is 0 Å². The van der Waals surface area contributed by atoms with Crippen molar-refractivity contribution < 1.29 is 23.2 Å². The number of piperidine rings is 1. The van der Waals surface area contributed by atoms with E-state index in [4.69, 9.17) is 23.2 Å². The van der Waals surface area contributed by atoms with Gasteiger partial charge in [-0.3, -0.25) is 14.4 Å². The van der Waals surface area contributed by atoms with Gasteiger partial charge in [-0.2, -0.15) is 0 Å². The molecule has 1 N–H and O–H groups in total. The molecule has 0 saturated carbocycles. The first-order valence-corrected chi connectivity index (χ1v) is 10.9. The van der Waals surface area contributed by atoms with Crippen LogP contribution in [-0.4, -0.2) is 47.0 Å². The second-order valence-corrected chi connectivity index (χ2v) is 8.46. The zero-order valence-electron chi connectivity index (χ0n) is 17.4. The van der Waals surface area contributed by atoms with Crippen LogP contribution in [0, 0.1) is 11.6 Å². The summed E-state index contributed by atoms with van der Waals surface area (Å²) >= 11 is 11.0. The second kappa shape index (κ2) is 11.2. The van der Waals surface area contributed by atoms with Crippen molar-refractivity contribution in [2.45, 2.75) is 11.3 Å². The minimum Gasteiger partial charge on any atom is -0.353 e. The van der Waals surface area contributed by atoms with Crippen molar-refractivity contribution >= 4 is 53.0 Å². The molecule has 172 valence electrons. The number of halogens is 4. The maximum atomic E-state index is 13.2. The topological polar surface area (TPSA) is 66.5 Å². The monoisotopic (exact) mass is 492 g/mol. The lowest BCUT2D eigenvalue weighted by Crippen LogP contribution is -2.43. The van der Waals surface area contributed by atoms with E-state index in [0.717, 1.165) is 0 Å². The lowest BCUT2D eigenvalue weighted by molar-refractivity contribution is -0.131. The summed E-state index contributed by atoms with van der Waals surface area (Å²) in [6.45, 7) is 0.140. The van der Waals surface area contributed by atoms with Crippen molar-refractivity contribution in [3.63, 3.8) is 0 Å². The molecule has 2 aromatic rings. The van der Waals surface area contributed by atoms with E-state index in [1.54, 1.807) is 12.2 Å². The van der Waals surface area contributed by atoms with Crippen LogP contribution >= 0.6 is 23.2 Å². The lowest BCUT2D eigenvalue weighted by Gasteiger charge is -2.30. The van der Waals surface area contributed by atoms with Crippen molar-refractivity contribution in [2.24, 2.45) is 0 Å². The fourth-order valence-corrected chi connectivity index (χ4v) is 3.42. The molecule has 0 aliphatic carbocycles. The van der Waals surface area contributed by atoms with E-state index in [9.17, 15) is 23.2 Å². The van der Waals surface area contributed by atoms with E-state index in [1.165, 1.54) is 53.4 Å². The summed E-state index contributed by atoms with van der Waals surface area (Å²) in [5.41, 5.74) is 1.91. The Labute approximate surface area is 199 Å². The molecule has 1 heterocycles. The molecule has 1 aliphatic heterocycles. The summed E-state index contributed by atoms with van der Waals surface area (Å²) < 4.78 is 26.5. The summed E-state index contributed by atoms with van der Waals surface area (Å²) in [5, 5.41) is 2.46. The minimum atomic E-state index is -1.23. The van der Waals surface area contributed by atoms with Crippen LogP contribution in [-0.2, 0) is 14.4 Å². The highest BCUT2D eigenvalue weighted by Crippen LogP contribution is 2.23. The highest BCUT2D eigenvalue weighted by Gasteiger charge is 2.29. The predicted octanol–water partition coefficient (Wildman–Crippen LogP) is 4.15. The van der Waals surface area contributed by atoms with E-state index in [1.807, 2.05) is 0 Å². The molecule has 0 unspecified atom stereocenters. The molecule has 0 radical (unpaired) electrons. The van der Waals surface area contributed by atoms with Crippen LogP contribution in [0.4, 0.5) is 8.78 Å². The molecular formula is C24H20Cl2F2N2O3. The smallest absolute Gasteiger partial charge is 0.253 e. The average Bonchev–Trinajstić information content (AvgIpc) is 2.79. The molecule has 2 aromatic carbocycles. The Morgan fingerprint density at radius 2 is 1.36 bits per heavy atom. The zero-order valence-corrected chi connectivity index (χ0v) is 18.9. The highest BCUT2D eigenvalue weighted by molar-refractivity contribution is 6.53. The Hall–Kier alpha value is -3.03. The first-order chi connectivity index (χ1) is 15.7. The summed E-state index contributed by atoms with van der Waals surface area (Å²) in [5.74, 6) is -1.96. The first kappa shape index (κ1) is 24.6. The molecule has 0 aromatic heterocycles. The van der Waals surface area contributed by atoms with Gasteiger partial charge >= 0.3 is 0 Å². The average molecular weight is 493 g/mol. The number of benzene rings is 2. The van der Waals surface area contributed by atoms with Crippen molar-refractivity contribution in [3.05, 3.63) is 82.4 Å². The number of hydrogen-bond donors (Lipinski definition) is 1. The van der Waals surface area contributed by atoms with Gasteiger partial charge in [0, 0.05) is 37.2 Å². The fraction of sp³-hybridized carbons (Fsp3) is 0.208. The molecule has 3 rings (SSSR count). The van der Waals surface area contributed by atoms with Crippen molar-refractivity contribution in [3.8, 4) is 0 Å². The van der Waals surface area contributed by atoms with Gasteiger partial charge in [-0.15, -0.1) is 0 Å². The molecule has 9 heteroatoms. The number of Topliss-reactive ketones (excluding diaryl/α,β-unsaturated/α-hetero) is 1. The van der Waals surface area contributed by atoms with Crippen LogP contribution in [0.3, 0.4) is 0 Å². The third kappa shape index (κ3) is 6.97. The molecule has 5 nitrogen and oxygen atoms in total. The van der Waals surface area contributed by atoms with Gasteiger partial charge in [-0.1, -0.05) is 47.5 Å². The van der Waals surface area contributed by atoms with Crippen molar-refractivity contribution in [1.29, 1.82) is 0 Å². The van der Waals surface area contributed by atoms with E-state index < -0.39 is 22.4 Å². The summed E-state index contributed by atoms with van der Waals surface area (Å²) in [6, 6.07) is 11.2. The lowest BCUT2D eigenvalue weighted by atomic mass is 9.94. The van der Waals surface area contributed by atoms with Gasteiger partial charge in [0.25, 0.3) is 5.91 Å². The number of hydrogen-bond acceptors (Lipinski definition) is 3. The number of nitrogens with zero attached hydrogens (tertiary/aromatic N) is 1.